The lowest BCUT2D eigenvalue weighted by Crippen LogP contribution is -2.36. The van der Waals surface area contributed by atoms with Crippen LogP contribution in [0, 0.1) is 0 Å². The Morgan fingerprint density at radius 2 is 2.20 bits per heavy atom. The number of rotatable bonds is 5. The second-order valence-corrected chi connectivity index (χ2v) is 6.65. The van der Waals surface area contributed by atoms with Crippen molar-refractivity contribution in [1.82, 2.24) is 15.3 Å². The Kier molecular flexibility index (Phi) is 5.28. The molecule has 0 aromatic carbocycles. The first-order valence-corrected chi connectivity index (χ1v) is 8.47. The van der Waals surface area contributed by atoms with Gasteiger partial charge in [0.2, 0.25) is 0 Å². The third-order valence-electron chi connectivity index (χ3n) is 3.84. The van der Waals surface area contributed by atoms with Gasteiger partial charge in [0.1, 0.15) is 5.03 Å². The fourth-order valence-electron chi connectivity index (χ4n) is 2.66. The molecule has 3 N–H and O–H groups in total. The van der Waals surface area contributed by atoms with Crippen molar-refractivity contribution in [2.45, 2.75) is 22.6 Å². The molecular formula is C16H17F3N4OS. The maximum absolute atomic E-state index is 13.6. The van der Waals surface area contributed by atoms with Gasteiger partial charge >= 0.3 is 6.18 Å². The summed E-state index contributed by atoms with van der Waals surface area (Å²) < 4.78 is 45.7. The van der Waals surface area contributed by atoms with Crippen molar-refractivity contribution in [3.8, 4) is 11.3 Å². The van der Waals surface area contributed by atoms with E-state index in [9.17, 15) is 13.2 Å². The molecule has 3 heterocycles. The molecule has 2 aromatic rings. The monoisotopic (exact) mass is 370 g/mol. The lowest BCUT2D eigenvalue weighted by molar-refractivity contribution is -0.138. The van der Waals surface area contributed by atoms with Crippen LogP contribution in [-0.4, -0.2) is 35.6 Å². The smallest absolute Gasteiger partial charge is 0.383 e. The van der Waals surface area contributed by atoms with E-state index < -0.39 is 17.8 Å². The number of hydrogen-bond donors (Lipinski definition) is 2. The molecule has 0 fully saturated rings. The summed E-state index contributed by atoms with van der Waals surface area (Å²) in [6.45, 7) is 0.938. The zero-order chi connectivity index (χ0) is 18.0. The van der Waals surface area contributed by atoms with Gasteiger partial charge in [-0.2, -0.15) is 13.2 Å². The summed E-state index contributed by atoms with van der Waals surface area (Å²) in [5, 5.41) is 3.03. The zero-order valence-corrected chi connectivity index (χ0v) is 14.2. The predicted molar refractivity (Wildman–Crippen MR) is 88.9 cm³/mol. The molecule has 1 aliphatic heterocycles. The molecule has 1 aliphatic rings. The number of thioether (sulfide) groups is 1. The molecule has 134 valence electrons. The van der Waals surface area contributed by atoms with Crippen LogP contribution in [0.4, 0.5) is 13.2 Å². The van der Waals surface area contributed by atoms with Crippen molar-refractivity contribution >= 4 is 11.8 Å². The van der Waals surface area contributed by atoms with Gasteiger partial charge in [0.25, 0.3) is 0 Å². The summed E-state index contributed by atoms with van der Waals surface area (Å²) in [5.74, 6) is 0. The van der Waals surface area contributed by atoms with E-state index in [2.05, 4.69) is 15.3 Å². The van der Waals surface area contributed by atoms with Crippen LogP contribution in [0.1, 0.15) is 17.2 Å². The second kappa shape index (κ2) is 7.28. The summed E-state index contributed by atoms with van der Waals surface area (Å²) in [6.07, 6.45) is -1.46. The number of methoxy groups -OCH3 is 1. The fourth-order valence-corrected chi connectivity index (χ4v) is 3.91. The van der Waals surface area contributed by atoms with Gasteiger partial charge in [0, 0.05) is 37.2 Å². The van der Waals surface area contributed by atoms with Crippen LogP contribution in [-0.2, 0) is 10.9 Å². The van der Waals surface area contributed by atoms with Gasteiger partial charge in [-0.3, -0.25) is 4.98 Å². The number of hydrogen-bond acceptors (Lipinski definition) is 6. The first-order chi connectivity index (χ1) is 11.9. The molecule has 25 heavy (non-hydrogen) atoms. The minimum Gasteiger partial charge on any atom is -0.383 e. The predicted octanol–water partition coefficient (Wildman–Crippen LogP) is 2.83. The first-order valence-electron chi connectivity index (χ1n) is 7.59. The Morgan fingerprint density at radius 3 is 2.84 bits per heavy atom. The zero-order valence-electron chi connectivity index (χ0n) is 13.4. The molecule has 0 aliphatic carbocycles. The van der Waals surface area contributed by atoms with Crippen LogP contribution in [0.5, 0.6) is 0 Å². The number of aromatic nitrogens is 2. The van der Waals surface area contributed by atoms with E-state index in [4.69, 9.17) is 10.5 Å². The van der Waals surface area contributed by atoms with Gasteiger partial charge in [-0.1, -0.05) is 11.8 Å². The Balaban J connectivity index is 2.01. The summed E-state index contributed by atoms with van der Waals surface area (Å²) in [4.78, 5) is 8.35. The third-order valence-corrected chi connectivity index (χ3v) is 5.08. The summed E-state index contributed by atoms with van der Waals surface area (Å²) >= 11 is 1.21. The Labute approximate surface area is 147 Å². The summed E-state index contributed by atoms with van der Waals surface area (Å²) in [5.41, 5.74) is 6.14. The number of alkyl halides is 3. The molecule has 0 spiro atoms. The average molecular weight is 370 g/mol. The number of ether oxygens (including phenoxy) is 1. The molecule has 9 heteroatoms. The number of fused-ring (bicyclic) bond motifs is 1. The van der Waals surface area contributed by atoms with Crippen molar-refractivity contribution in [2.75, 3.05) is 20.3 Å². The van der Waals surface area contributed by atoms with Gasteiger partial charge in [-0.25, -0.2) is 4.98 Å². The van der Waals surface area contributed by atoms with Gasteiger partial charge in [-0.15, -0.1) is 0 Å². The maximum Gasteiger partial charge on any atom is 0.416 e. The van der Waals surface area contributed by atoms with E-state index in [-0.39, 0.29) is 16.6 Å². The van der Waals surface area contributed by atoms with Crippen LogP contribution in [0.3, 0.4) is 0 Å². The van der Waals surface area contributed by atoms with Crippen molar-refractivity contribution in [3.05, 3.63) is 41.7 Å². The van der Waals surface area contributed by atoms with Crippen LogP contribution >= 0.6 is 11.8 Å². The van der Waals surface area contributed by atoms with E-state index in [0.717, 1.165) is 6.07 Å². The Hall–Kier alpha value is -1.68. The van der Waals surface area contributed by atoms with Crippen LogP contribution in [0.25, 0.3) is 11.3 Å². The lowest BCUT2D eigenvalue weighted by atomic mass is 10.0. The van der Waals surface area contributed by atoms with E-state index in [1.165, 1.54) is 18.0 Å². The van der Waals surface area contributed by atoms with Gasteiger partial charge in [0.15, 0.2) is 0 Å². The van der Waals surface area contributed by atoms with E-state index >= 15 is 0 Å². The molecular weight excluding hydrogens is 353 g/mol. The van der Waals surface area contributed by atoms with Crippen LogP contribution < -0.4 is 11.1 Å². The van der Waals surface area contributed by atoms with Gasteiger partial charge < -0.3 is 15.8 Å². The number of nitrogens with zero attached hydrogens (tertiary/aromatic N) is 2. The van der Waals surface area contributed by atoms with E-state index in [1.807, 2.05) is 0 Å². The second-order valence-electron chi connectivity index (χ2n) is 5.52. The maximum atomic E-state index is 13.6. The number of nitrogens with one attached hydrogen (secondary N) is 1. The largest absolute Gasteiger partial charge is 0.416 e. The van der Waals surface area contributed by atoms with Crippen molar-refractivity contribution in [2.24, 2.45) is 5.73 Å². The molecule has 5 nitrogen and oxygen atoms in total. The van der Waals surface area contributed by atoms with Crippen molar-refractivity contribution in [3.63, 3.8) is 0 Å². The minimum atomic E-state index is -4.51. The minimum absolute atomic E-state index is 0.0417. The van der Waals surface area contributed by atoms with Gasteiger partial charge in [0.05, 0.1) is 29.3 Å². The lowest BCUT2D eigenvalue weighted by Gasteiger charge is -2.19. The Morgan fingerprint density at radius 1 is 1.40 bits per heavy atom. The standard InChI is InChI=1S/C16H17F3N4OS/c1-24-6-5-22-15-13(20)12-10(16(17,18)19)7-11(23-14(12)25-15)9-3-2-4-21-8-9/h2-4,7-8,13,15,22H,5-6,20H2,1H3. The van der Waals surface area contributed by atoms with Crippen LogP contribution in [0.15, 0.2) is 35.6 Å². The van der Waals surface area contributed by atoms with Crippen molar-refractivity contribution < 1.29 is 17.9 Å². The molecule has 2 unspecified atom stereocenters. The molecule has 0 saturated carbocycles. The SMILES string of the molecule is COCCNC1Sc2nc(-c3cccnc3)cc(C(F)(F)F)c2C1N. The number of nitrogens with two attached hydrogens (primary N) is 1. The van der Waals surface area contributed by atoms with E-state index in [0.29, 0.717) is 23.7 Å². The number of pyridine rings is 2. The highest BCUT2D eigenvalue weighted by Crippen LogP contribution is 2.47. The van der Waals surface area contributed by atoms with E-state index in [1.54, 1.807) is 25.4 Å². The molecule has 0 bridgehead atoms. The van der Waals surface area contributed by atoms with Crippen LogP contribution in [0.2, 0.25) is 0 Å². The molecule has 0 amide bonds. The molecule has 0 saturated heterocycles. The molecule has 3 rings (SSSR count). The normalized spacial score (nSPS) is 19.9. The third kappa shape index (κ3) is 3.79. The van der Waals surface area contributed by atoms with Gasteiger partial charge in [-0.05, 0) is 18.2 Å². The number of halogens is 3. The highest BCUT2D eigenvalue weighted by Gasteiger charge is 2.42. The summed E-state index contributed by atoms with van der Waals surface area (Å²) in [6, 6.07) is 3.58. The highest BCUT2D eigenvalue weighted by molar-refractivity contribution is 8.00. The highest BCUT2D eigenvalue weighted by atomic mass is 32.2. The fraction of sp³-hybridized carbons (Fsp3) is 0.375. The first kappa shape index (κ1) is 18.1. The summed E-state index contributed by atoms with van der Waals surface area (Å²) in [7, 11) is 1.56. The quantitative estimate of drug-likeness (QED) is 0.789. The van der Waals surface area contributed by atoms with Crippen molar-refractivity contribution in [1.29, 1.82) is 0 Å². The molecule has 2 atom stereocenters. The average Bonchev–Trinajstić information content (AvgIpc) is 2.90. The Bertz CT molecular complexity index is 742. The molecule has 2 aromatic heterocycles. The molecule has 0 radical (unpaired) electrons. The topological polar surface area (TPSA) is 73.1 Å².